The maximum atomic E-state index is 12.6. The molecule has 8 heteroatoms. The number of ether oxygens (including phenoxy) is 1. The minimum atomic E-state index is -3.90. The summed E-state index contributed by atoms with van der Waals surface area (Å²) in [6.45, 7) is 1.88. The van der Waals surface area contributed by atoms with E-state index in [0.717, 1.165) is 4.31 Å². The number of primary amides is 1. The molecule has 1 aromatic rings. The Bertz CT molecular complexity index is 620. The molecule has 0 aliphatic carbocycles. The third kappa shape index (κ3) is 2.67. The monoisotopic (exact) mass is 318 g/mol. The van der Waals surface area contributed by atoms with Gasteiger partial charge in [-0.05, 0) is 19.1 Å². The summed E-state index contributed by atoms with van der Waals surface area (Å²) >= 11 is 5.94. The molecule has 1 saturated heterocycles. The van der Waals surface area contributed by atoms with Crippen molar-refractivity contribution in [3.8, 4) is 0 Å². The Kier molecular flexibility index (Phi) is 4.33. The summed E-state index contributed by atoms with van der Waals surface area (Å²) in [6, 6.07) is 5.05. The molecular formula is C12H15ClN2O4S. The molecule has 0 saturated carbocycles. The van der Waals surface area contributed by atoms with Crippen molar-refractivity contribution < 1.29 is 17.9 Å². The Balaban J connectivity index is 2.47. The van der Waals surface area contributed by atoms with Crippen molar-refractivity contribution in [1.82, 2.24) is 4.31 Å². The summed E-state index contributed by atoms with van der Waals surface area (Å²) in [5, 5.41) is 0.106. The molecule has 110 valence electrons. The quantitative estimate of drug-likeness (QED) is 0.884. The smallest absolute Gasteiger partial charge is 0.245 e. The van der Waals surface area contributed by atoms with E-state index in [1.165, 1.54) is 12.1 Å². The van der Waals surface area contributed by atoms with Crippen LogP contribution in [0.15, 0.2) is 29.2 Å². The van der Waals surface area contributed by atoms with E-state index >= 15 is 0 Å². The van der Waals surface area contributed by atoms with Gasteiger partial charge in [-0.25, -0.2) is 8.42 Å². The average molecular weight is 319 g/mol. The van der Waals surface area contributed by atoms with Crippen molar-refractivity contribution in [2.45, 2.75) is 24.0 Å². The maximum absolute atomic E-state index is 12.6. The summed E-state index contributed by atoms with van der Waals surface area (Å²) < 4.78 is 31.7. The van der Waals surface area contributed by atoms with Gasteiger partial charge < -0.3 is 10.5 Å². The molecule has 1 aromatic carbocycles. The van der Waals surface area contributed by atoms with Gasteiger partial charge in [-0.15, -0.1) is 0 Å². The highest BCUT2D eigenvalue weighted by molar-refractivity contribution is 7.89. The Morgan fingerprint density at radius 3 is 2.70 bits per heavy atom. The molecule has 0 unspecified atom stereocenters. The molecule has 1 amide bonds. The van der Waals surface area contributed by atoms with Crippen molar-refractivity contribution in [2.75, 3.05) is 13.2 Å². The van der Waals surface area contributed by atoms with Crippen molar-refractivity contribution in [2.24, 2.45) is 5.73 Å². The van der Waals surface area contributed by atoms with Crippen LogP contribution in [0.25, 0.3) is 0 Å². The largest absolute Gasteiger partial charge is 0.375 e. The number of benzene rings is 1. The van der Waals surface area contributed by atoms with Crippen LogP contribution < -0.4 is 5.73 Å². The van der Waals surface area contributed by atoms with E-state index in [9.17, 15) is 13.2 Å². The van der Waals surface area contributed by atoms with Gasteiger partial charge in [-0.3, -0.25) is 4.79 Å². The molecule has 1 aliphatic heterocycles. The Labute approximate surface area is 122 Å². The molecule has 0 spiro atoms. The minimum Gasteiger partial charge on any atom is -0.375 e. The predicted molar refractivity (Wildman–Crippen MR) is 73.7 cm³/mol. The normalized spacial score (nSPS) is 24.5. The predicted octanol–water partition coefficient (Wildman–Crippen LogP) is 0.603. The molecule has 0 radical (unpaired) electrons. The molecule has 1 aliphatic rings. The molecular weight excluding hydrogens is 304 g/mol. The molecule has 0 bridgehead atoms. The maximum Gasteiger partial charge on any atom is 0.245 e. The van der Waals surface area contributed by atoms with Crippen molar-refractivity contribution in [3.05, 3.63) is 29.3 Å². The average Bonchev–Trinajstić information content (AvgIpc) is 2.38. The first-order valence-corrected chi connectivity index (χ1v) is 7.85. The van der Waals surface area contributed by atoms with Gasteiger partial charge in [-0.2, -0.15) is 4.31 Å². The van der Waals surface area contributed by atoms with Crippen molar-refractivity contribution in [1.29, 1.82) is 0 Å². The first-order valence-electron chi connectivity index (χ1n) is 6.03. The number of nitrogens with two attached hydrogens (primary N) is 1. The van der Waals surface area contributed by atoms with Crippen LogP contribution in [-0.4, -0.2) is 43.9 Å². The van der Waals surface area contributed by atoms with Crippen LogP contribution in [0.4, 0.5) is 0 Å². The summed E-state index contributed by atoms with van der Waals surface area (Å²) in [4.78, 5) is 11.5. The summed E-state index contributed by atoms with van der Waals surface area (Å²) in [7, 11) is -3.90. The fourth-order valence-electron chi connectivity index (χ4n) is 2.22. The molecule has 6 nitrogen and oxygen atoms in total. The number of rotatable bonds is 3. The summed E-state index contributed by atoms with van der Waals surface area (Å²) in [6.07, 6.45) is -0.599. The third-order valence-electron chi connectivity index (χ3n) is 3.16. The van der Waals surface area contributed by atoms with E-state index in [2.05, 4.69) is 0 Å². The van der Waals surface area contributed by atoms with Crippen LogP contribution in [-0.2, 0) is 19.6 Å². The Morgan fingerprint density at radius 2 is 2.10 bits per heavy atom. The Hall–Kier alpha value is -1.15. The number of carbonyl (C=O) groups excluding carboxylic acids is 1. The molecule has 0 aromatic heterocycles. The zero-order chi connectivity index (χ0) is 14.9. The summed E-state index contributed by atoms with van der Waals surface area (Å²) in [5.74, 6) is -0.743. The van der Waals surface area contributed by atoms with Crippen LogP contribution in [0.3, 0.4) is 0 Å². The number of nitrogens with zero attached hydrogens (tertiary/aromatic N) is 1. The van der Waals surface area contributed by atoms with Gasteiger partial charge >= 0.3 is 0 Å². The number of carbonyl (C=O) groups is 1. The first kappa shape index (κ1) is 15.2. The van der Waals surface area contributed by atoms with E-state index < -0.39 is 28.1 Å². The van der Waals surface area contributed by atoms with Gasteiger partial charge in [0.25, 0.3) is 0 Å². The van der Waals surface area contributed by atoms with Crippen LogP contribution in [0.1, 0.15) is 6.92 Å². The molecule has 20 heavy (non-hydrogen) atoms. The fourth-order valence-corrected chi connectivity index (χ4v) is 4.35. The van der Waals surface area contributed by atoms with E-state index in [0.29, 0.717) is 0 Å². The van der Waals surface area contributed by atoms with Gasteiger partial charge in [0.2, 0.25) is 15.9 Å². The highest BCUT2D eigenvalue weighted by Crippen LogP contribution is 2.28. The molecule has 1 fully saturated rings. The number of morpholine rings is 1. The van der Waals surface area contributed by atoms with Gasteiger partial charge in [0.15, 0.2) is 0 Å². The lowest BCUT2D eigenvalue weighted by atomic mass is 10.1. The van der Waals surface area contributed by atoms with Crippen molar-refractivity contribution in [3.63, 3.8) is 0 Å². The van der Waals surface area contributed by atoms with Crippen LogP contribution in [0, 0.1) is 0 Å². The second kappa shape index (κ2) is 5.69. The molecule has 2 N–H and O–H groups in total. The molecule has 1 heterocycles. The van der Waals surface area contributed by atoms with E-state index in [4.69, 9.17) is 22.1 Å². The Morgan fingerprint density at radius 1 is 1.45 bits per heavy atom. The topological polar surface area (TPSA) is 89.7 Å². The highest BCUT2D eigenvalue weighted by Gasteiger charge is 2.41. The number of amides is 1. The van der Waals surface area contributed by atoms with E-state index in [1.807, 2.05) is 0 Å². The standard InChI is InChI=1S/C12H15ClN2O4S/c1-8-11(12(14)16)15(6-7-19-8)20(17,18)10-5-3-2-4-9(10)13/h2-5,8,11H,6-7H2,1H3,(H2,14,16)/t8-,11+/m1/s1. The molecule has 2 atom stereocenters. The highest BCUT2D eigenvalue weighted by atomic mass is 35.5. The van der Waals surface area contributed by atoms with Crippen LogP contribution in [0.2, 0.25) is 5.02 Å². The number of sulfonamides is 1. The SMILES string of the molecule is C[C@H]1OCCN(S(=O)(=O)c2ccccc2Cl)[C@@H]1C(N)=O. The van der Waals surface area contributed by atoms with E-state index in [-0.39, 0.29) is 23.1 Å². The van der Waals surface area contributed by atoms with Crippen LogP contribution in [0.5, 0.6) is 0 Å². The molecule has 2 rings (SSSR count). The number of hydrogen-bond donors (Lipinski definition) is 1. The number of hydrogen-bond acceptors (Lipinski definition) is 4. The second-order valence-corrected chi connectivity index (χ2v) is 6.74. The van der Waals surface area contributed by atoms with Gasteiger partial charge in [0, 0.05) is 6.54 Å². The first-order chi connectivity index (χ1) is 9.35. The van der Waals surface area contributed by atoms with E-state index in [1.54, 1.807) is 19.1 Å². The lowest BCUT2D eigenvalue weighted by Crippen LogP contribution is -2.58. The van der Waals surface area contributed by atoms with Gasteiger partial charge in [0.1, 0.15) is 10.9 Å². The van der Waals surface area contributed by atoms with Gasteiger partial charge in [0.05, 0.1) is 17.7 Å². The minimum absolute atomic E-state index is 0.0398. The van der Waals surface area contributed by atoms with Gasteiger partial charge in [-0.1, -0.05) is 23.7 Å². The summed E-state index contributed by atoms with van der Waals surface area (Å²) in [5.41, 5.74) is 5.30. The second-order valence-electron chi connectivity index (χ2n) is 4.47. The van der Waals surface area contributed by atoms with Crippen molar-refractivity contribution >= 4 is 27.5 Å². The fraction of sp³-hybridized carbons (Fsp3) is 0.417. The lowest BCUT2D eigenvalue weighted by Gasteiger charge is -2.36. The lowest BCUT2D eigenvalue weighted by molar-refractivity contribution is -0.130. The number of halogens is 1. The van der Waals surface area contributed by atoms with Crippen LogP contribution >= 0.6 is 11.6 Å². The zero-order valence-electron chi connectivity index (χ0n) is 10.8. The third-order valence-corrected chi connectivity index (χ3v) is 5.54. The zero-order valence-corrected chi connectivity index (χ0v) is 12.4.